The molecule has 2 bridgehead atoms. The summed E-state index contributed by atoms with van der Waals surface area (Å²) in [4.78, 5) is 33.6. The van der Waals surface area contributed by atoms with Crippen LogP contribution in [0.25, 0.3) is 11.2 Å². The van der Waals surface area contributed by atoms with Gasteiger partial charge in [0.15, 0.2) is 5.65 Å². The van der Waals surface area contributed by atoms with Gasteiger partial charge in [0.05, 0.1) is 12.2 Å². The Balaban J connectivity index is 1.87. The molecule has 2 fully saturated rings. The molecule has 0 spiro atoms. The third-order valence-electron chi connectivity index (χ3n) is 5.70. The average Bonchev–Trinajstić information content (AvgIpc) is 3.28. The number of aromatic amines is 1. The van der Waals surface area contributed by atoms with Gasteiger partial charge in [-0.25, -0.2) is 9.78 Å². The summed E-state index contributed by atoms with van der Waals surface area (Å²) in [5.41, 5.74) is 0.479. The van der Waals surface area contributed by atoms with Crippen molar-refractivity contribution in [3.63, 3.8) is 0 Å². The van der Waals surface area contributed by atoms with Gasteiger partial charge in [0, 0.05) is 19.0 Å². The number of nitrogens with zero attached hydrogens (tertiary/aromatic N) is 3. The van der Waals surface area contributed by atoms with Gasteiger partial charge in [-0.2, -0.15) is 0 Å². The molecular weight excluding hydrogens is 320 g/mol. The fourth-order valence-electron chi connectivity index (χ4n) is 4.58. The molecule has 4 atom stereocenters. The molecule has 1 saturated carbocycles. The molecule has 1 N–H and O–H groups in total. The summed E-state index contributed by atoms with van der Waals surface area (Å²) < 4.78 is 8.87. The van der Waals surface area contributed by atoms with Crippen LogP contribution in [0, 0.1) is 5.92 Å². The lowest BCUT2D eigenvalue weighted by molar-refractivity contribution is 0.00575. The van der Waals surface area contributed by atoms with Crippen molar-refractivity contribution in [2.75, 3.05) is 0 Å². The molecule has 0 aromatic carbocycles. The van der Waals surface area contributed by atoms with Gasteiger partial charge in [-0.1, -0.05) is 13.8 Å². The fraction of sp³-hybridized carbons (Fsp3) is 0.722. The largest absolute Gasteiger partial charge is 0.375 e. The van der Waals surface area contributed by atoms with Crippen molar-refractivity contribution in [1.29, 1.82) is 0 Å². The number of imidazole rings is 1. The molecule has 1 aliphatic carbocycles. The summed E-state index contributed by atoms with van der Waals surface area (Å²) in [6, 6.07) is 0. The molecule has 25 heavy (non-hydrogen) atoms. The number of aromatic nitrogens is 4. The first kappa shape index (κ1) is 16.6. The number of fused-ring (bicyclic) bond motifs is 3. The quantitative estimate of drug-likeness (QED) is 0.897. The summed E-state index contributed by atoms with van der Waals surface area (Å²) in [7, 11) is 0. The van der Waals surface area contributed by atoms with Crippen LogP contribution in [-0.2, 0) is 17.8 Å². The first-order valence-corrected chi connectivity index (χ1v) is 9.43. The Morgan fingerprint density at radius 3 is 2.52 bits per heavy atom. The first-order chi connectivity index (χ1) is 12.0. The molecule has 1 saturated heterocycles. The molecule has 2 aliphatic rings. The molecule has 4 rings (SSSR count). The van der Waals surface area contributed by atoms with Gasteiger partial charge in [0.1, 0.15) is 11.3 Å². The van der Waals surface area contributed by atoms with Crippen LogP contribution in [0.5, 0.6) is 0 Å². The van der Waals surface area contributed by atoms with Gasteiger partial charge in [-0.3, -0.25) is 13.9 Å². The zero-order valence-corrected chi connectivity index (χ0v) is 15.1. The van der Waals surface area contributed by atoms with E-state index in [0.29, 0.717) is 36.3 Å². The van der Waals surface area contributed by atoms with Gasteiger partial charge in [-0.05, 0) is 38.5 Å². The molecule has 0 unspecified atom stereocenters. The second-order valence-corrected chi connectivity index (χ2v) is 7.42. The summed E-state index contributed by atoms with van der Waals surface area (Å²) in [5, 5.41) is 0. The van der Waals surface area contributed by atoms with Crippen molar-refractivity contribution in [3.05, 3.63) is 26.7 Å². The number of hydrogen-bond donors (Lipinski definition) is 1. The number of rotatable bonds is 5. The van der Waals surface area contributed by atoms with Crippen LogP contribution in [0.2, 0.25) is 0 Å². The van der Waals surface area contributed by atoms with E-state index in [4.69, 9.17) is 9.72 Å². The Labute approximate surface area is 146 Å². The summed E-state index contributed by atoms with van der Waals surface area (Å²) in [6.45, 7) is 7.11. The van der Waals surface area contributed by atoms with Crippen LogP contribution in [0.3, 0.4) is 0 Å². The molecule has 2 aromatic heterocycles. The third kappa shape index (κ3) is 2.47. The highest BCUT2D eigenvalue weighted by Gasteiger charge is 2.47. The van der Waals surface area contributed by atoms with E-state index in [0.717, 1.165) is 31.5 Å². The maximum absolute atomic E-state index is 12.8. The predicted octanol–water partition coefficient (Wildman–Crippen LogP) is 1.99. The van der Waals surface area contributed by atoms with E-state index in [1.807, 2.05) is 13.8 Å². The van der Waals surface area contributed by atoms with Crippen molar-refractivity contribution >= 4 is 11.2 Å². The molecule has 1 aliphatic heterocycles. The van der Waals surface area contributed by atoms with Crippen LogP contribution in [-0.4, -0.2) is 31.3 Å². The summed E-state index contributed by atoms with van der Waals surface area (Å²) in [5.74, 6) is 1.56. The van der Waals surface area contributed by atoms with Crippen molar-refractivity contribution in [3.8, 4) is 0 Å². The van der Waals surface area contributed by atoms with Gasteiger partial charge in [0.25, 0.3) is 5.56 Å². The van der Waals surface area contributed by atoms with E-state index in [-0.39, 0.29) is 23.3 Å². The molecule has 7 heteroatoms. The Kier molecular flexibility index (Phi) is 4.06. The van der Waals surface area contributed by atoms with Crippen molar-refractivity contribution in [2.45, 2.75) is 77.7 Å². The zero-order chi connectivity index (χ0) is 17.7. The summed E-state index contributed by atoms with van der Waals surface area (Å²) in [6.07, 6.45) is 4.09. The van der Waals surface area contributed by atoms with Gasteiger partial charge in [0.2, 0.25) is 0 Å². The fourth-order valence-corrected chi connectivity index (χ4v) is 4.58. The smallest absolute Gasteiger partial charge is 0.332 e. The van der Waals surface area contributed by atoms with E-state index < -0.39 is 0 Å². The number of H-pyrrole nitrogens is 1. The molecule has 7 nitrogen and oxygen atoms in total. The minimum Gasteiger partial charge on any atom is -0.375 e. The Morgan fingerprint density at radius 1 is 1.16 bits per heavy atom. The van der Waals surface area contributed by atoms with E-state index >= 15 is 0 Å². The number of hydrogen-bond acceptors (Lipinski definition) is 4. The van der Waals surface area contributed by atoms with Crippen molar-refractivity contribution in [2.24, 2.45) is 5.92 Å². The standard InChI is InChI=1S/C18H26N4O3/c1-4-6-21-16-14(17(23)22(7-5-2)18(21)24)19-15(20-16)13-9-11-8-12(13)10(3)25-11/h10-13H,4-9H2,1-3H3,(H,19,20)/t10-,11-,12-,13-/m0/s1. The van der Waals surface area contributed by atoms with Crippen LogP contribution in [0.4, 0.5) is 0 Å². The monoisotopic (exact) mass is 346 g/mol. The highest BCUT2D eigenvalue weighted by molar-refractivity contribution is 5.70. The molecule has 136 valence electrons. The van der Waals surface area contributed by atoms with Crippen molar-refractivity contribution < 1.29 is 4.74 Å². The lowest BCUT2D eigenvalue weighted by Gasteiger charge is -2.25. The normalized spacial score (nSPS) is 28.3. The van der Waals surface area contributed by atoms with Gasteiger partial charge < -0.3 is 9.72 Å². The number of aryl methyl sites for hydroxylation is 1. The topological polar surface area (TPSA) is 81.9 Å². The number of nitrogens with one attached hydrogen (secondary N) is 1. The minimum absolute atomic E-state index is 0.228. The van der Waals surface area contributed by atoms with Gasteiger partial charge >= 0.3 is 5.69 Å². The molecule has 0 amide bonds. The zero-order valence-electron chi connectivity index (χ0n) is 15.1. The number of ether oxygens (including phenoxy) is 1. The van der Waals surface area contributed by atoms with E-state index in [9.17, 15) is 9.59 Å². The maximum Gasteiger partial charge on any atom is 0.332 e. The lowest BCUT2D eigenvalue weighted by atomic mass is 9.91. The SMILES string of the molecule is CCCn1c(=O)c2[nH]c([C@H]3C[C@@H]4C[C@H]3[C@H](C)O4)nc2n(CCC)c1=O. The molecule has 3 heterocycles. The highest BCUT2D eigenvalue weighted by atomic mass is 16.5. The van der Waals surface area contributed by atoms with Crippen LogP contribution < -0.4 is 11.2 Å². The highest BCUT2D eigenvalue weighted by Crippen LogP contribution is 2.48. The average molecular weight is 346 g/mol. The van der Waals surface area contributed by atoms with Crippen molar-refractivity contribution in [1.82, 2.24) is 19.1 Å². The summed E-state index contributed by atoms with van der Waals surface area (Å²) >= 11 is 0. The Morgan fingerprint density at radius 2 is 1.88 bits per heavy atom. The molecule has 0 radical (unpaired) electrons. The Hall–Kier alpha value is -1.89. The molecule has 2 aromatic rings. The van der Waals surface area contributed by atoms with Crippen LogP contribution >= 0.6 is 0 Å². The second kappa shape index (κ2) is 6.12. The van der Waals surface area contributed by atoms with E-state index in [1.54, 1.807) is 4.57 Å². The Bertz CT molecular complexity index is 909. The predicted molar refractivity (Wildman–Crippen MR) is 95.0 cm³/mol. The van der Waals surface area contributed by atoms with Crippen LogP contribution in [0.1, 0.15) is 58.2 Å². The van der Waals surface area contributed by atoms with Crippen LogP contribution in [0.15, 0.2) is 9.59 Å². The maximum atomic E-state index is 12.8. The molecular formula is C18H26N4O3. The van der Waals surface area contributed by atoms with Gasteiger partial charge in [-0.15, -0.1) is 0 Å². The lowest BCUT2D eigenvalue weighted by Crippen LogP contribution is -2.40. The second-order valence-electron chi connectivity index (χ2n) is 7.42. The third-order valence-corrected chi connectivity index (χ3v) is 5.70. The first-order valence-electron chi connectivity index (χ1n) is 9.43. The van der Waals surface area contributed by atoms with E-state index in [1.165, 1.54) is 4.57 Å². The van der Waals surface area contributed by atoms with E-state index in [2.05, 4.69) is 11.9 Å². The minimum atomic E-state index is -0.250.